The molecule has 0 aliphatic carbocycles. The van der Waals surface area contributed by atoms with Crippen molar-refractivity contribution in [1.82, 2.24) is 0 Å². The molecule has 0 N–H and O–H groups in total. The van der Waals surface area contributed by atoms with Crippen molar-refractivity contribution in [2.45, 2.75) is 119 Å². The Kier molecular flexibility index (Phi) is 11.5. The highest BCUT2D eigenvalue weighted by atomic mass is 14.2. The molecule has 0 heterocycles. The van der Waals surface area contributed by atoms with Gasteiger partial charge < -0.3 is 0 Å². The molecular weight excluding hydrogens is 769 g/mol. The molecule has 0 heteroatoms. The highest BCUT2D eigenvalue weighted by Gasteiger charge is 2.20. The second kappa shape index (κ2) is 16.5. The molecule has 64 heavy (non-hydrogen) atoms. The van der Waals surface area contributed by atoms with Crippen molar-refractivity contribution in [1.29, 1.82) is 0 Å². The second-order valence-electron chi connectivity index (χ2n) is 22.6. The van der Waals surface area contributed by atoms with Gasteiger partial charge in [0, 0.05) is 0 Å². The van der Waals surface area contributed by atoms with Crippen LogP contribution in [0.4, 0.5) is 0 Å². The summed E-state index contributed by atoms with van der Waals surface area (Å²) in [6.45, 7) is 31.9. The average Bonchev–Trinajstić information content (AvgIpc) is 3.24. The zero-order valence-corrected chi connectivity index (χ0v) is 41.0. The summed E-state index contributed by atoms with van der Waals surface area (Å²) in [6.07, 6.45) is 0. The Labute approximate surface area is 385 Å². The van der Waals surface area contributed by atoms with Crippen LogP contribution >= 0.6 is 0 Å². The highest BCUT2D eigenvalue weighted by molar-refractivity contribution is 6.07. The summed E-state index contributed by atoms with van der Waals surface area (Å²) in [6, 6.07) is 60.9. The van der Waals surface area contributed by atoms with E-state index in [2.05, 4.69) is 255 Å². The molecule has 0 atom stereocenters. The number of hydrogen-bond donors (Lipinski definition) is 0. The summed E-state index contributed by atoms with van der Waals surface area (Å²) < 4.78 is 0. The summed E-state index contributed by atoms with van der Waals surface area (Å²) in [5.74, 6) is 0. The van der Waals surface area contributed by atoms with Crippen molar-refractivity contribution in [3.63, 3.8) is 0 Å². The van der Waals surface area contributed by atoms with E-state index in [1.54, 1.807) is 0 Å². The van der Waals surface area contributed by atoms with Gasteiger partial charge in [-0.2, -0.15) is 0 Å². The molecule has 0 aliphatic heterocycles. The third-order valence-corrected chi connectivity index (χ3v) is 13.2. The van der Waals surface area contributed by atoms with E-state index in [4.69, 9.17) is 0 Å². The quantitative estimate of drug-likeness (QED) is 0.157. The summed E-state index contributed by atoms with van der Waals surface area (Å²) in [4.78, 5) is 0. The highest BCUT2D eigenvalue weighted by Crippen LogP contribution is 2.43. The van der Waals surface area contributed by atoms with Gasteiger partial charge in [0.25, 0.3) is 0 Å². The maximum Gasteiger partial charge on any atom is -0.00963 e. The number of fused-ring (bicyclic) bond motifs is 1. The van der Waals surface area contributed by atoms with Crippen LogP contribution in [0.15, 0.2) is 158 Å². The van der Waals surface area contributed by atoms with Crippen LogP contribution in [-0.2, 0) is 21.7 Å². The summed E-state index contributed by atoms with van der Waals surface area (Å²) in [5.41, 5.74) is 23.0. The largest absolute Gasteiger partial charge is 0.0579 e. The molecule has 8 rings (SSSR count). The van der Waals surface area contributed by atoms with E-state index in [0.29, 0.717) is 0 Å². The number of hydrogen-bond acceptors (Lipinski definition) is 0. The third kappa shape index (κ3) is 9.44. The first kappa shape index (κ1) is 44.6. The van der Waals surface area contributed by atoms with Crippen LogP contribution in [0.2, 0.25) is 0 Å². The lowest BCUT2D eigenvalue weighted by Gasteiger charge is -2.21. The fourth-order valence-electron chi connectivity index (χ4n) is 9.11. The SMILES string of the molecule is Cc1cc(-c2cc(-c3ccc(C(C)(C)C)cc3)cc(-c3ccc(C(C)(C)C)cc3)c2)c2cc(C)cc(-c3cc(-c4ccc(C(C)(C)C)cc4)cc(-c4ccc(C(C)(C)C)cc4)c3)c2c1. The third-order valence-electron chi connectivity index (χ3n) is 13.2. The van der Waals surface area contributed by atoms with Crippen LogP contribution in [0.1, 0.15) is 116 Å². The molecule has 0 spiro atoms. The summed E-state index contributed by atoms with van der Waals surface area (Å²) in [5, 5.41) is 2.54. The van der Waals surface area contributed by atoms with E-state index in [1.807, 2.05) is 0 Å². The Morgan fingerprint density at radius 1 is 0.219 bits per heavy atom. The predicted octanol–water partition coefficient (Wildman–Crippen LogP) is 18.6. The Morgan fingerprint density at radius 3 is 0.625 bits per heavy atom. The fraction of sp³-hybridized carbons (Fsp3) is 0.281. The first-order valence-electron chi connectivity index (χ1n) is 23.3. The van der Waals surface area contributed by atoms with Crippen LogP contribution in [0.25, 0.3) is 77.5 Å². The minimum atomic E-state index is 0.0877. The smallest absolute Gasteiger partial charge is 0.00963 e. The molecule has 0 radical (unpaired) electrons. The molecule has 0 saturated heterocycles. The molecule has 8 aromatic rings. The van der Waals surface area contributed by atoms with E-state index in [-0.39, 0.29) is 21.7 Å². The molecule has 0 saturated carbocycles. The van der Waals surface area contributed by atoms with Gasteiger partial charge in [0.15, 0.2) is 0 Å². The molecule has 8 aromatic carbocycles. The predicted molar refractivity (Wildman–Crippen MR) is 281 cm³/mol. The first-order chi connectivity index (χ1) is 30.0. The van der Waals surface area contributed by atoms with E-state index in [0.717, 1.165) is 0 Å². The maximum atomic E-state index is 2.41. The standard InChI is InChI=1S/C64H68/c1-41-31-57(51-37-47(43-15-23-53(24-16-43)61(3,4)5)35-48(38-51)44-17-25-54(26-18-44)62(6,7)8)60-34-42(2)32-58(59(60)33-41)52-39-49(45-19-27-55(28-20-45)63(9,10)11)36-50(40-52)46-21-29-56(30-22-46)64(12,13)14/h15-40H,1-14H3. The molecule has 0 amide bonds. The molecule has 0 fully saturated rings. The van der Waals surface area contributed by atoms with Gasteiger partial charge in [0.2, 0.25) is 0 Å². The van der Waals surface area contributed by atoms with Crippen LogP contribution in [0.5, 0.6) is 0 Å². The molecular formula is C64H68. The summed E-state index contributed by atoms with van der Waals surface area (Å²) >= 11 is 0. The van der Waals surface area contributed by atoms with Gasteiger partial charge in [-0.25, -0.2) is 0 Å². The first-order valence-corrected chi connectivity index (χ1v) is 23.3. The molecule has 324 valence electrons. The number of aryl methyl sites for hydroxylation is 2. The normalized spacial score (nSPS) is 12.5. The maximum absolute atomic E-state index is 2.41. The van der Waals surface area contributed by atoms with Gasteiger partial charge in [0.05, 0.1) is 0 Å². The zero-order valence-electron chi connectivity index (χ0n) is 41.0. The zero-order chi connectivity index (χ0) is 45.9. The Morgan fingerprint density at radius 2 is 0.422 bits per heavy atom. The van der Waals surface area contributed by atoms with Gasteiger partial charge in [0.1, 0.15) is 0 Å². The van der Waals surface area contributed by atoms with Crippen molar-refractivity contribution in [2.75, 3.05) is 0 Å². The van der Waals surface area contributed by atoms with Crippen LogP contribution < -0.4 is 0 Å². The van der Waals surface area contributed by atoms with Gasteiger partial charge in [-0.05, 0) is 183 Å². The molecule has 0 nitrogen and oxygen atoms in total. The van der Waals surface area contributed by atoms with Gasteiger partial charge >= 0.3 is 0 Å². The van der Waals surface area contributed by atoms with Crippen molar-refractivity contribution < 1.29 is 0 Å². The van der Waals surface area contributed by atoms with Crippen molar-refractivity contribution >= 4 is 10.8 Å². The minimum absolute atomic E-state index is 0.0877. The van der Waals surface area contributed by atoms with Crippen molar-refractivity contribution in [2.24, 2.45) is 0 Å². The van der Waals surface area contributed by atoms with Gasteiger partial charge in [-0.3, -0.25) is 0 Å². The lowest BCUT2D eigenvalue weighted by atomic mass is 9.84. The van der Waals surface area contributed by atoms with Crippen molar-refractivity contribution in [3.8, 4) is 66.8 Å². The van der Waals surface area contributed by atoms with Crippen molar-refractivity contribution in [3.05, 3.63) is 191 Å². The molecule has 0 bridgehead atoms. The van der Waals surface area contributed by atoms with E-state index < -0.39 is 0 Å². The molecule has 0 aromatic heterocycles. The number of rotatable bonds is 6. The monoisotopic (exact) mass is 837 g/mol. The fourth-order valence-corrected chi connectivity index (χ4v) is 9.11. The topological polar surface area (TPSA) is 0 Å². The Hall–Kier alpha value is -5.98. The van der Waals surface area contributed by atoms with Gasteiger partial charge in [-0.15, -0.1) is 0 Å². The van der Waals surface area contributed by atoms with E-state index in [1.165, 1.54) is 111 Å². The lowest BCUT2D eigenvalue weighted by Crippen LogP contribution is -2.10. The lowest BCUT2D eigenvalue weighted by molar-refractivity contribution is 0.590. The Bertz CT molecular complexity index is 2600. The average molecular weight is 837 g/mol. The van der Waals surface area contributed by atoms with Crippen LogP contribution in [-0.4, -0.2) is 0 Å². The number of benzene rings is 8. The summed E-state index contributed by atoms with van der Waals surface area (Å²) in [7, 11) is 0. The second-order valence-corrected chi connectivity index (χ2v) is 22.6. The minimum Gasteiger partial charge on any atom is -0.0579 e. The van der Waals surface area contributed by atoms with E-state index in [9.17, 15) is 0 Å². The van der Waals surface area contributed by atoms with Crippen LogP contribution in [0.3, 0.4) is 0 Å². The Balaban J connectivity index is 1.34. The van der Waals surface area contributed by atoms with Gasteiger partial charge in [-0.1, -0.05) is 204 Å². The molecule has 0 unspecified atom stereocenters. The molecule has 0 aliphatic rings. The van der Waals surface area contributed by atoms with Crippen LogP contribution in [0, 0.1) is 13.8 Å². The van der Waals surface area contributed by atoms with E-state index >= 15 is 0 Å².